The normalized spacial score (nSPS) is 11.8. The van der Waals surface area contributed by atoms with Crippen LogP contribution in [-0.2, 0) is 0 Å². The molecule has 3 N–H and O–H groups in total. The van der Waals surface area contributed by atoms with Crippen LogP contribution in [0.25, 0.3) is 0 Å². The molecule has 2 rings (SSSR count). The number of nitrogens with one attached hydrogen (secondary N) is 1. The number of aryl methyl sites for hydroxylation is 1. The fourth-order valence-corrected chi connectivity index (χ4v) is 1.77. The number of anilines is 2. The Kier molecular flexibility index (Phi) is 3.24. The molecule has 0 bridgehead atoms. The lowest BCUT2D eigenvalue weighted by molar-refractivity contribution is 0.467. The van der Waals surface area contributed by atoms with Crippen LogP contribution in [0.15, 0.2) is 34.7 Å². The van der Waals surface area contributed by atoms with E-state index >= 15 is 0 Å². The van der Waals surface area contributed by atoms with Crippen LogP contribution < -0.4 is 11.1 Å². The Hall–Kier alpha value is -2.41. The molecule has 18 heavy (non-hydrogen) atoms. The van der Waals surface area contributed by atoms with Crippen molar-refractivity contribution >= 4 is 11.4 Å². The van der Waals surface area contributed by atoms with Crippen molar-refractivity contribution in [2.75, 3.05) is 11.1 Å². The number of nitrogens with two attached hydrogens (primary N) is 1. The summed E-state index contributed by atoms with van der Waals surface area (Å²) in [6, 6.07) is 11.2. The summed E-state index contributed by atoms with van der Waals surface area (Å²) < 4.78 is 5.54. The molecular weight excluding hydrogens is 226 g/mol. The Labute approximate surface area is 106 Å². The number of benzene rings is 1. The molecule has 0 aliphatic heterocycles. The number of nitrogens with zero attached hydrogens (tertiary/aromatic N) is 1. The van der Waals surface area contributed by atoms with Gasteiger partial charge in [-0.1, -0.05) is 0 Å². The summed E-state index contributed by atoms with van der Waals surface area (Å²) in [6.45, 7) is 3.88. The topological polar surface area (TPSA) is 75.0 Å². The summed E-state index contributed by atoms with van der Waals surface area (Å²) >= 11 is 0. The van der Waals surface area contributed by atoms with Crippen LogP contribution >= 0.6 is 0 Å². The Morgan fingerprint density at radius 3 is 2.72 bits per heavy atom. The van der Waals surface area contributed by atoms with Crippen molar-refractivity contribution in [2.24, 2.45) is 0 Å². The van der Waals surface area contributed by atoms with Crippen molar-refractivity contribution in [3.63, 3.8) is 0 Å². The highest BCUT2D eigenvalue weighted by atomic mass is 16.3. The molecule has 0 fully saturated rings. The van der Waals surface area contributed by atoms with E-state index < -0.39 is 0 Å². The molecule has 1 unspecified atom stereocenters. The lowest BCUT2D eigenvalue weighted by Gasteiger charge is -2.14. The van der Waals surface area contributed by atoms with Crippen LogP contribution in [0.4, 0.5) is 11.4 Å². The summed E-state index contributed by atoms with van der Waals surface area (Å²) in [6.07, 6.45) is 0. The average Bonchev–Trinajstić information content (AvgIpc) is 2.78. The fourth-order valence-electron chi connectivity index (χ4n) is 1.77. The molecule has 0 saturated heterocycles. The highest BCUT2D eigenvalue weighted by Crippen LogP contribution is 2.24. The number of furan rings is 1. The molecule has 1 heterocycles. The van der Waals surface area contributed by atoms with E-state index in [0.29, 0.717) is 11.3 Å². The summed E-state index contributed by atoms with van der Waals surface area (Å²) in [4.78, 5) is 0. The van der Waals surface area contributed by atoms with E-state index in [0.717, 1.165) is 17.2 Å². The van der Waals surface area contributed by atoms with E-state index in [-0.39, 0.29) is 6.04 Å². The second-order valence-electron chi connectivity index (χ2n) is 4.23. The predicted molar refractivity (Wildman–Crippen MR) is 71.1 cm³/mol. The van der Waals surface area contributed by atoms with Crippen LogP contribution in [0.1, 0.15) is 30.0 Å². The first-order valence-corrected chi connectivity index (χ1v) is 5.72. The summed E-state index contributed by atoms with van der Waals surface area (Å²) in [5, 5.41) is 12.3. The van der Waals surface area contributed by atoms with Gasteiger partial charge in [0.2, 0.25) is 0 Å². The molecule has 1 atom stereocenters. The lowest BCUT2D eigenvalue weighted by atomic mass is 10.1. The Balaban J connectivity index is 2.22. The quantitative estimate of drug-likeness (QED) is 0.809. The average molecular weight is 241 g/mol. The molecule has 0 aliphatic carbocycles. The minimum absolute atomic E-state index is 0.00516. The van der Waals surface area contributed by atoms with Crippen molar-refractivity contribution in [2.45, 2.75) is 19.9 Å². The van der Waals surface area contributed by atoms with Crippen molar-refractivity contribution < 1.29 is 4.42 Å². The number of rotatable bonds is 3. The lowest BCUT2D eigenvalue weighted by Crippen LogP contribution is -2.07. The second-order valence-corrected chi connectivity index (χ2v) is 4.23. The maximum atomic E-state index is 9.06. The van der Waals surface area contributed by atoms with E-state index in [2.05, 4.69) is 11.4 Å². The van der Waals surface area contributed by atoms with E-state index in [1.165, 1.54) is 0 Å². The first-order chi connectivity index (χ1) is 8.60. The molecule has 1 aromatic carbocycles. The summed E-state index contributed by atoms with van der Waals surface area (Å²) in [5.74, 6) is 1.71. The van der Waals surface area contributed by atoms with Crippen LogP contribution in [0.2, 0.25) is 0 Å². The van der Waals surface area contributed by atoms with Gasteiger partial charge in [0.25, 0.3) is 0 Å². The van der Waals surface area contributed by atoms with E-state index in [1.807, 2.05) is 26.0 Å². The molecule has 0 aliphatic rings. The molecule has 4 heteroatoms. The molecule has 92 valence electrons. The van der Waals surface area contributed by atoms with Crippen molar-refractivity contribution in [3.8, 4) is 6.07 Å². The number of nitrogen functional groups attached to an aromatic ring is 1. The third-order valence-corrected chi connectivity index (χ3v) is 2.72. The summed E-state index contributed by atoms with van der Waals surface area (Å²) in [5.41, 5.74) is 7.52. The number of hydrogen-bond acceptors (Lipinski definition) is 4. The molecule has 2 aromatic rings. The van der Waals surface area contributed by atoms with Gasteiger partial charge in [0.15, 0.2) is 0 Å². The largest absolute Gasteiger partial charge is 0.464 e. The fraction of sp³-hybridized carbons (Fsp3) is 0.214. The van der Waals surface area contributed by atoms with Gasteiger partial charge in [0.1, 0.15) is 17.6 Å². The first kappa shape index (κ1) is 12.1. The molecule has 4 nitrogen and oxygen atoms in total. The summed E-state index contributed by atoms with van der Waals surface area (Å²) in [7, 11) is 0. The Morgan fingerprint density at radius 2 is 2.11 bits per heavy atom. The van der Waals surface area contributed by atoms with Gasteiger partial charge >= 0.3 is 0 Å². The van der Waals surface area contributed by atoms with Gasteiger partial charge in [-0.15, -0.1) is 0 Å². The van der Waals surface area contributed by atoms with Gasteiger partial charge in [-0.25, -0.2) is 0 Å². The zero-order valence-corrected chi connectivity index (χ0v) is 10.4. The maximum absolute atomic E-state index is 9.06. The van der Waals surface area contributed by atoms with Crippen molar-refractivity contribution in [3.05, 3.63) is 47.4 Å². The molecule has 1 aromatic heterocycles. The van der Waals surface area contributed by atoms with Gasteiger partial charge in [-0.05, 0) is 44.2 Å². The minimum atomic E-state index is -0.00516. The van der Waals surface area contributed by atoms with Crippen LogP contribution in [0, 0.1) is 18.3 Å². The van der Waals surface area contributed by atoms with E-state index in [1.54, 1.807) is 18.2 Å². The zero-order valence-electron chi connectivity index (χ0n) is 10.4. The highest BCUT2D eigenvalue weighted by Gasteiger charge is 2.11. The third-order valence-electron chi connectivity index (χ3n) is 2.72. The van der Waals surface area contributed by atoms with Gasteiger partial charge in [-0.2, -0.15) is 5.26 Å². The molecule has 0 amide bonds. The van der Waals surface area contributed by atoms with Gasteiger partial charge in [0.05, 0.1) is 17.3 Å². The monoisotopic (exact) mass is 241 g/mol. The predicted octanol–water partition coefficient (Wildman–Crippen LogP) is 3.22. The van der Waals surface area contributed by atoms with E-state index in [4.69, 9.17) is 15.4 Å². The maximum Gasteiger partial charge on any atom is 0.126 e. The number of nitriles is 1. The smallest absolute Gasteiger partial charge is 0.126 e. The molecule has 0 spiro atoms. The second kappa shape index (κ2) is 4.84. The standard InChI is InChI=1S/C14H15N3O/c1-9-3-6-14(18-9)10(2)17-13-5-4-12(16)7-11(13)8-15/h3-7,10,17H,16H2,1-2H3. The van der Waals surface area contributed by atoms with Gasteiger partial charge < -0.3 is 15.5 Å². The zero-order chi connectivity index (χ0) is 13.1. The third kappa shape index (κ3) is 2.46. The highest BCUT2D eigenvalue weighted by molar-refractivity contribution is 5.63. The molecular formula is C14H15N3O. The first-order valence-electron chi connectivity index (χ1n) is 5.72. The van der Waals surface area contributed by atoms with Gasteiger partial charge in [0, 0.05) is 5.69 Å². The number of hydrogen-bond donors (Lipinski definition) is 2. The molecule has 0 radical (unpaired) electrons. The minimum Gasteiger partial charge on any atom is -0.464 e. The van der Waals surface area contributed by atoms with Crippen LogP contribution in [0.3, 0.4) is 0 Å². The van der Waals surface area contributed by atoms with Crippen molar-refractivity contribution in [1.29, 1.82) is 5.26 Å². The van der Waals surface area contributed by atoms with E-state index in [9.17, 15) is 0 Å². The van der Waals surface area contributed by atoms with Crippen LogP contribution in [-0.4, -0.2) is 0 Å². The Morgan fingerprint density at radius 1 is 1.33 bits per heavy atom. The SMILES string of the molecule is Cc1ccc(C(C)Nc2ccc(N)cc2C#N)o1. The van der Waals surface area contributed by atoms with Crippen molar-refractivity contribution in [1.82, 2.24) is 0 Å². The van der Waals surface area contributed by atoms with Gasteiger partial charge in [-0.3, -0.25) is 0 Å². The van der Waals surface area contributed by atoms with Crippen LogP contribution in [0.5, 0.6) is 0 Å². The molecule has 0 saturated carbocycles. The Bertz CT molecular complexity index is 595.